The molecule has 27 heavy (non-hydrogen) atoms. The molecule has 1 aliphatic rings. The predicted molar refractivity (Wildman–Crippen MR) is 100 cm³/mol. The van der Waals surface area contributed by atoms with Crippen molar-refractivity contribution in [3.63, 3.8) is 0 Å². The van der Waals surface area contributed by atoms with Gasteiger partial charge in [-0.05, 0) is 30.2 Å². The van der Waals surface area contributed by atoms with Crippen LogP contribution in [0.25, 0.3) is 11.3 Å². The molecule has 2 heterocycles. The molecular weight excluding hydrogens is 366 g/mol. The largest absolute Gasteiger partial charge is 0.486 e. The number of carbonyl (C=O) groups excluding carboxylic acids is 1. The average molecular weight is 383 g/mol. The summed E-state index contributed by atoms with van der Waals surface area (Å²) in [5, 5.41) is 0. The van der Waals surface area contributed by atoms with E-state index in [2.05, 4.69) is 0 Å². The number of ether oxygens (including phenoxy) is 2. The maximum absolute atomic E-state index is 13.5. The summed E-state index contributed by atoms with van der Waals surface area (Å²) in [6, 6.07) is 13.9. The summed E-state index contributed by atoms with van der Waals surface area (Å²) < 4.78 is 39.2. The molecule has 1 aliphatic heterocycles. The summed E-state index contributed by atoms with van der Waals surface area (Å²) >= 11 is 0. The van der Waals surface area contributed by atoms with E-state index in [1.807, 2.05) is 30.3 Å². The molecule has 0 radical (unpaired) electrons. The van der Waals surface area contributed by atoms with Crippen LogP contribution >= 0.6 is 0 Å². The summed E-state index contributed by atoms with van der Waals surface area (Å²) in [5.74, 6) is 0.588. The number of aldehydes is 1. The van der Waals surface area contributed by atoms with Gasteiger partial charge in [0, 0.05) is 11.8 Å². The van der Waals surface area contributed by atoms with E-state index in [-0.39, 0.29) is 17.3 Å². The van der Waals surface area contributed by atoms with Crippen molar-refractivity contribution in [2.75, 3.05) is 13.2 Å². The Kier molecular flexibility index (Phi) is 4.24. The third-order valence-corrected chi connectivity index (χ3v) is 6.19. The van der Waals surface area contributed by atoms with Gasteiger partial charge in [0.1, 0.15) is 18.1 Å². The first-order valence-corrected chi connectivity index (χ1v) is 9.85. The highest BCUT2D eigenvalue weighted by Crippen LogP contribution is 2.39. The first-order valence-electron chi connectivity index (χ1n) is 8.41. The van der Waals surface area contributed by atoms with Crippen molar-refractivity contribution < 1.29 is 22.7 Å². The van der Waals surface area contributed by atoms with Gasteiger partial charge in [0.15, 0.2) is 17.8 Å². The van der Waals surface area contributed by atoms with Crippen molar-refractivity contribution >= 4 is 16.3 Å². The zero-order chi connectivity index (χ0) is 19.0. The number of rotatable bonds is 4. The van der Waals surface area contributed by atoms with Crippen molar-refractivity contribution in [3.8, 4) is 22.8 Å². The Morgan fingerprint density at radius 2 is 1.74 bits per heavy atom. The van der Waals surface area contributed by atoms with Crippen LogP contribution in [0.15, 0.2) is 59.6 Å². The first-order chi connectivity index (χ1) is 13.0. The van der Waals surface area contributed by atoms with E-state index in [4.69, 9.17) is 9.47 Å². The second-order valence-electron chi connectivity index (χ2n) is 6.12. The van der Waals surface area contributed by atoms with Crippen LogP contribution in [0.3, 0.4) is 0 Å². The maximum Gasteiger partial charge on any atom is 0.272 e. The number of carbonyl (C=O) groups is 1. The monoisotopic (exact) mass is 383 g/mol. The lowest BCUT2D eigenvalue weighted by molar-refractivity contribution is 0.112. The summed E-state index contributed by atoms with van der Waals surface area (Å²) in [7, 11) is -4.02. The van der Waals surface area contributed by atoms with Gasteiger partial charge >= 0.3 is 0 Å². The molecular formula is C20H17NO5S. The number of fused-ring (bicyclic) bond motifs is 1. The summed E-state index contributed by atoms with van der Waals surface area (Å²) in [5.41, 5.74) is 2.07. The summed E-state index contributed by atoms with van der Waals surface area (Å²) in [4.78, 5) is 11.5. The number of nitrogens with zero attached hydrogens (tertiary/aromatic N) is 1. The molecule has 0 bridgehead atoms. The zero-order valence-electron chi connectivity index (χ0n) is 14.6. The zero-order valence-corrected chi connectivity index (χ0v) is 15.4. The van der Waals surface area contributed by atoms with Gasteiger partial charge in [0.25, 0.3) is 10.0 Å². The van der Waals surface area contributed by atoms with Gasteiger partial charge in [0.2, 0.25) is 0 Å². The fourth-order valence-electron chi connectivity index (χ4n) is 3.19. The van der Waals surface area contributed by atoms with E-state index in [1.165, 1.54) is 12.3 Å². The average Bonchev–Trinajstić information content (AvgIpc) is 3.05. The van der Waals surface area contributed by atoms with Crippen LogP contribution in [0, 0.1) is 6.92 Å². The van der Waals surface area contributed by atoms with Crippen LogP contribution < -0.4 is 9.47 Å². The van der Waals surface area contributed by atoms with Crippen LogP contribution in [0.2, 0.25) is 0 Å². The predicted octanol–water partition coefficient (Wildman–Crippen LogP) is 3.28. The standard InChI is InChI=1S/C20H17NO5S/c1-14-16(13-22)12-21(19(14)15-6-3-2-4-7-15)27(23,24)18-9-5-8-17-20(18)26-11-10-25-17/h2-9,12-13H,10-11H2,1H3. The summed E-state index contributed by atoms with van der Waals surface area (Å²) in [6.45, 7) is 2.37. The molecule has 138 valence electrons. The number of hydrogen-bond acceptors (Lipinski definition) is 5. The Labute approximate surface area is 157 Å². The molecule has 0 amide bonds. The van der Waals surface area contributed by atoms with Gasteiger partial charge in [-0.2, -0.15) is 0 Å². The Balaban J connectivity index is 1.98. The number of hydrogen-bond donors (Lipinski definition) is 0. The van der Waals surface area contributed by atoms with Crippen molar-refractivity contribution in [2.45, 2.75) is 11.8 Å². The number of aromatic nitrogens is 1. The van der Waals surface area contributed by atoms with Crippen molar-refractivity contribution in [2.24, 2.45) is 0 Å². The quantitative estimate of drug-likeness (QED) is 0.647. The second-order valence-corrected chi connectivity index (χ2v) is 7.91. The molecule has 0 atom stereocenters. The second kappa shape index (κ2) is 6.59. The van der Waals surface area contributed by atoms with Gasteiger partial charge in [-0.1, -0.05) is 36.4 Å². The van der Waals surface area contributed by atoms with Crippen LogP contribution in [-0.4, -0.2) is 31.9 Å². The number of benzene rings is 2. The Hall–Kier alpha value is -3.06. The van der Waals surface area contributed by atoms with Crippen molar-refractivity contribution in [1.82, 2.24) is 3.97 Å². The van der Waals surface area contributed by atoms with Gasteiger partial charge in [0.05, 0.1) is 5.69 Å². The molecule has 2 aromatic carbocycles. The lowest BCUT2D eigenvalue weighted by atomic mass is 10.1. The lowest BCUT2D eigenvalue weighted by Crippen LogP contribution is -2.20. The van der Waals surface area contributed by atoms with E-state index in [1.54, 1.807) is 19.1 Å². The van der Waals surface area contributed by atoms with Crippen LogP contribution in [0.4, 0.5) is 0 Å². The fraction of sp³-hybridized carbons (Fsp3) is 0.150. The first kappa shape index (κ1) is 17.4. The fourth-order valence-corrected chi connectivity index (χ4v) is 4.79. The minimum Gasteiger partial charge on any atom is -0.486 e. The van der Waals surface area contributed by atoms with Gasteiger partial charge in [-0.25, -0.2) is 12.4 Å². The highest BCUT2D eigenvalue weighted by Gasteiger charge is 2.30. The molecule has 0 fully saturated rings. The van der Waals surface area contributed by atoms with E-state index in [0.29, 0.717) is 41.0 Å². The molecule has 7 heteroatoms. The molecule has 0 N–H and O–H groups in total. The smallest absolute Gasteiger partial charge is 0.272 e. The molecule has 0 saturated carbocycles. The highest BCUT2D eigenvalue weighted by molar-refractivity contribution is 7.90. The van der Waals surface area contributed by atoms with Gasteiger partial charge in [-0.3, -0.25) is 4.79 Å². The molecule has 0 saturated heterocycles. The van der Waals surface area contributed by atoms with Crippen LogP contribution in [0.5, 0.6) is 11.5 Å². The topological polar surface area (TPSA) is 74.6 Å². The molecule has 3 aromatic rings. The molecule has 4 rings (SSSR count). The van der Waals surface area contributed by atoms with Gasteiger partial charge < -0.3 is 9.47 Å². The third-order valence-electron chi connectivity index (χ3n) is 4.51. The number of para-hydroxylation sites is 1. The molecule has 6 nitrogen and oxygen atoms in total. The maximum atomic E-state index is 13.5. The third kappa shape index (κ3) is 2.80. The molecule has 0 unspecified atom stereocenters. The Bertz CT molecular complexity index is 1120. The Morgan fingerprint density at radius 3 is 2.48 bits per heavy atom. The Morgan fingerprint density at radius 1 is 1.00 bits per heavy atom. The van der Waals surface area contributed by atoms with Crippen LogP contribution in [-0.2, 0) is 10.0 Å². The molecule has 0 spiro atoms. The van der Waals surface area contributed by atoms with Gasteiger partial charge in [-0.15, -0.1) is 0 Å². The van der Waals surface area contributed by atoms with Crippen molar-refractivity contribution in [3.05, 3.63) is 65.9 Å². The molecule has 1 aromatic heterocycles. The van der Waals surface area contributed by atoms with E-state index in [9.17, 15) is 13.2 Å². The minimum absolute atomic E-state index is 0.00401. The normalized spacial score (nSPS) is 13.4. The van der Waals surface area contributed by atoms with Crippen LogP contribution in [0.1, 0.15) is 15.9 Å². The van der Waals surface area contributed by atoms with E-state index >= 15 is 0 Å². The lowest BCUT2D eigenvalue weighted by Gasteiger charge is -2.21. The molecule has 0 aliphatic carbocycles. The SMILES string of the molecule is Cc1c(C=O)cn(S(=O)(=O)c2cccc3c2OCCO3)c1-c1ccccc1. The van der Waals surface area contributed by atoms with E-state index < -0.39 is 10.0 Å². The van der Waals surface area contributed by atoms with Crippen molar-refractivity contribution in [1.29, 1.82) is 0 Å². The van der Waals surface area contributed by atoms with E-state index in [0.717, 1.165) is 3.97 Å². The minimum atomic E-state index is -4.02. The summed E-state index contributed by atoms with van der Waals surface area (Å²) in [6.07, 6.45) is 2.01. The highest BCUT2D eigenvalue weighted by atomic mass is 32.2.